The van der Waals surface area contributed by atoms with Crippen LogP contribution in [0.1, 0.15) is 6.92 Å². The minimum absolute atomic E-state index is 0.0372. The Morgan fingerprint density at radius 2 is 2.22 bits per heavy atom. The first-order chi connectivity index (χ1) is 4.04. The largest absolute Gasteiger partial charge is 0.343 e. The van der Waals surface area contributed by atoms with Crippen LogP contribution in [0.2, 0.25) is 0 Å². The lowest BCUT2D eigenvalue weighted by atomic mass is 10.4. The average molecular weight is 146 g/mol. The highest BCUT2D eigenvalue weighted by atomic mass is 32.1. The Labute approximate surface area is 58.1 Å². The number of carbonyl (C=O) groups is 1. The van der Waals surface area contributed by atoms with E-state index in [9.17, 15) is 4.79 Å². The van der Waals surface area contributed by atoms with Crippen molar-refractivity contribution in [2.75, 3.05) is 0 Å². The van der Waals surface area contributed by atoms with Crippen LogP contribution in [0.25, 0.3) is 0 Å². The van der Waals surface area contributed by atoms with E-state index in [2.05, 4.69) is 17.6 Å². The van der Waals surface area contributed by atoms with Crippen molar-refractivity contribution in [1.82, 2.24) is 0 Å². The van der Waals surface area contributed by atoms with Crippen LogP contribution < -0.4 is 5.73 Å². The second kappa shape index (κ2) is 3.24. The summed E-state index contributed by atoms with van der Waals surface area (Å²) >= 11 is 2.82. The summed E-state index contributed by atoms with van der Waals surface area (Å²) in [4.78, 5) is 13.6. The van der Waals surface area contributed by atoms with Gasteiger partial charge >= 0.3 is 5.17 Å². The standard InChI is InChI=1S/C4H7N3OS/c1-2(8)3(5)7-4(6)9/h1H3,(H4,5,6,7,9)/p+1. The lowest BCUT2D eigenvalue weighted by molar-refractivity contribution is -0.111. The molecule has 0 amide bonds. The Morgan fingerprint density at radius 1 is 1.78 bits per heavy atom. The van der Waals surface area contributed by atoms with Gasteiger partial charge in [0.2, 0.25) is 0 Å². The molecule has 0 fully saturated rings. The molecular weight excluding hydrogens is 138 g/mol. The van der Waals surface area contributed by atoms with Crippen molar-refractivity contribution in [3.8, 4) is 0 Å². The van der Waals surface area contributed by atoms with Crippen LogP contribution in [0.3, 0.4) is 0 Å². The Morgan fingerprint density at radius 3 is 2.33 bits per heavy atom. The Hall–Kier alpha value is -0.840. The Balaban J connectivity index is 4.09. The van der Waals surface area contributed by atoms with E-state index in [1.165, 1.54) is 6.92 Å². The molecule has 0 saturated heterocycles. The second-order valence-corrected chi connectivity index (χ2v) is 1.91. The van der Waals surface area contributed by atoms with Gasteiger partial charge in [0.1, 0.15) is 0 Å². The highest BCUT2D eigenvalue weighted by Gasteiger charge is 2.00. The molecule has 0 saturated carbocycles. The number of aliphatic imine (C=N–C) groups is 1. The Kier molecular flexibility index (Phi) is 2.94. The number of rotatable bonds is 1. The summed E-state index contributed by atoms with van der Waals surface area (Å²) in [5.74, 6) is -0.751. The van der Waals surface area contributed by atoms with Gasteiger partial charge in [0, 0.05) is 19.6 Å². The van der Waals surface area contributed by atoms with Crippen molar-refractivity contribution < 1.29 is 4.79 Å². The smallest absolute Gasteiger partial charge is 0.313 e. The van der Waals surface area contributed by atoms with Crippen molar-refractivity contribution in [2.45, 2.75) is 6.92 Å². The fraction of sp³-hybridized carbons (Fsp3) is 0.250. The van der Waals surface area contributed by atoms with Gasteiger partial charge in [0.15, 0.2) is 11.6 Å². The third kappa shape index (κ3) is 3.72. The lowest BCUT2D eigenvalue weighted by Crippen LogP contribution is -2.13. The van der Waals surface area contributed by atoms with Gasteiger partial charge in [0.05, 0.1) is 0 Å². The number of hydrogen-bond donors (Lipinski definition) is 2. The maximum absolute atomic E-state index is 10.3. The molecule has 0 aliphatic carbocycles. The molecule has 0 spiro atoms. The minimum Gasteiger partial charge on any atom is -0.343 e. The number of ketones is 1. The highest BCUT2D eigenvalue weighted by Crippen LogP contribution is 1.77. The predicted octanol–water partition coefficient (Wildman–Crippen LogP) is -1.12. The van der Waals surface area contributed by atoms with Gasteiger partial charge in [0.25, 0.3) is 0 Å². The van der Waals surface area contributed by atoms with Gasteiger partial charge in [-0.05, 0) is 0 Å². The molecule has 0 bridgehead atoms. The van der Waals surface area contributed by atoms with E-state index in [4.69, 9.17) is 11.1 Å². The summed E-state index contributed by atoms with van der Waals surface area (Å²) in [6, 6.07) is 0. The first kappa shape index (κ1) is 8.16. The van der Waals surface area contributed by atoms with E-state index in [1.807, 2.05) is 0 Å². The van der Waals surface area contributed by atoms with Crippen molar-refractivity contribution >= 4 is 29.4 Å². The second-order valence-electron chi connectivity index (χ2n) is 1.40. The number of hydrogen-bond acceptors (Lipinski definition) is 2. The summed E-state index contributed by atoms with van der Waals surface area (Å²) in [6.07, 6.45) is 0. The van der Waals surface area contributed by atoms with E-state index in [1.54, 1.807) is 0 Å². The summed E-state index contributed by atoms with van der Waals surface area (Å²) in [7, 11) is 0. The molecule has 50 valence electrons. The molecule has 0 aliphatic rings. The number of nitrogens with two attached hydrogens (primary N) is 1. The molecule has 4 nitrogen and oxygen atoms in total. The van der Waals surface area contributed by atoms with Gasteiger partial charge in [-0.1, -0.05) is 0 Å². The number of nitrogens with zero attached hydrogens (tertiary/aromatic N) is 1. The third-order valence-corrected chi connectivity index (χ3v) is 0.678. The van der Waals surface area contributed by atoms with Crippen LogP contribution in [0.4, 0.5) is 0 Å². The van der Waals surface area contributed by atoms with Crippen molar-refractivity contribution in [3.63, 3.8) is 0 Å². The quantitative estimate of drug-likeness (QED) is 0.279. The van der Waals surface area contributed by atoms with E-state index >= 15 is 0 Å². The molecule has 0 heterocycles. The van der Waals surface area contributed by atoms with Gasteiger partial charge < -0.3 is 5.73 Å². The van der Waals surface area contributed by atoms with Crippen LogP contribution in [-0.4, -0.2) is 16.8 Å². The van der Waals surface area contributed by atoms with Gasteiger partial charge in [-0.3, -0.25) is 10.2 Å². The molecule has 0 aliphatic heterocycles. The van der Waals surface area contributed by atoms with E-state index in [-0.39, 0.29) is 11.0 Å². The molecule has 0 atom stereocenters. The van der Waals surface area contributed by atoms with Crippen LogP contribution in [-0.2, 0) is 17.4 Å². The average Bonchev–Trinajstić information content (AvgIpc) is 1.63. The first-order valence-electron chi connectivity index (χ1n) is 2.19. The lowest BCUT2D eigenvalue weighted by Gasteiger charge is -1.84. The third-order valence-electron chi connectivity index (χ3n) is 0.566. The molecule has 5 heteroatoms. The zero-order valence-electron chi connectivity index (χ0n) is 4.93. The summed E-state index contributed by atoms with van der Waals surface area (Å²) in [5.41, 5.74) is 5.00. The number of nitrogens with one attached hydrogen (secondary N) is 1. The zero-order valence-corrected chi connectivity index (χ0v) is 5.93. The summed E-state index contributed by atoms with van der Waals surface area (Å²) in [5, 5.41) is 6.86. The van der Waals surface area contributed by atoms with Crippen LogP contribution in [0.15, 0.2) is 4.99 Å². The maximum Gasteiger partial charge on any atom is 0.313 e. The maximum atomic E-state index is 10.3. The SMILES string of the molecule is CC(=O)C(=N)N=C(N)[SH2+]. The highest BCUT2D eigenvalue weighted by molar-refractivity contribution is 7.77. The molecule has 9 heavy (non-hydrogen) atoms. The van der Waals surface area contributed by atoms with E-state index in [0.29, 0.717) is 0 Å². The molecule has 0 radical (unpaired) electrons. The van der Waals surface area contributed by atoms with Crippen LogP contribution >= 0.6 is 0 Å². The predicted molar refractivity (Wildman–Crippen MR) is 40.2 cm³/mol. The molecule has 0 aromatic rings. The normalized spacial score (nSPS) is 11.1. The van der Waals surface area contributed by atoms with Crippen LogP contribution in [0.5, 0.6) is 0 Å². The van der Waals surface area contributed by atoms with Gasteiger partial charge in [-0.2, -0.15) is 4.99 Å². The van der Waals surface area contributed by atoms with Gasteiger partial charge in [-0.15, -0.1) is 0 Å². The molecule has 0 aromatic heterocycles. The van der Waals surface area contributed by atoms with Crippen LogP contribution in [0, 0.1) is 5.41 Å². The topological polar surface area (TPSA) is 79.3 Å². The van der Waals surface area contributed by atoms with Crippen molar-refractivity contribution in [2.24, 2.45) is 10.7 Å². The summed E-state index contributed by atoms with van der Waals surface area (Å²) in [6.45, 7) is 1.25. The Bertz CT molecular complexity index is 171. The molecular formula is C4H8N3OS+. The van der Waals surface area contributed by atoms with Crippen molar-refractivity contribution in [3.05, 3.63) is 0 Å². The fourth-order valence-electron chi connectivity index (χ4n) is 0.199. The number of carbonyl (C=O) groups excluding carboxylic acids is 1. The van der Waals surface area contributed by atoms with Crippen molar-refractivity contribution in [1.29, 1.82) is 5.41 Å². The van der Waals surface area contributed by atoms with Gasteiger partial charge in [-0.25, -0.2) is 0 Å². The first-order valence-corrected chi connectivity index (χ1v) is 2.69. The summed E-state index contributed by atoms with van der Waals surface area (Å²) < 4.78 is 0. The number of Topliss-reactive ketones (excluding diaryl/α,β-unsaturated/α-hetero) is 1. The van der Waals surface area contributed by atoms with E-state index < -0.39 is 5.78 Å². The number of amidine groups is 2. The monoisotopic (exact) mass is 146 g/mol. The molecule has 0 unspecified atom stereocenters. The van der Waals surface area contributed by atoms with E-state index in [0.717, 1.165) is 0 Å². The molecule has 0 rings (SSSR count). The molecule has 0 aromatic carbocycles. The zero-order chi connectivity index (χ0) is 7.44. The fourth-order valence-corrected chi connectivity index (χ4v) is 0.311. The minimum atomic E-state index is -0.406. The molecule has 3 N–H and O–H groups in total.